The fraction of sp³-hybridized carbons (Fsp3) is 0.375. The standard InChI is InChI=1S/C24H23ClFN7O2/c1-13-28-20-19(16-5-4-15(25)8-17(16)26)29-23(30-21(20)22(34)32(13)3)33-11-18(14-9-27-31(2)10-14)35-24(12-33)6-7-24/h4-5,8-10,18H,6-7,11-12H2,1-3H3. The Kier molecular flexibility index (Phi) is 4.94. The topological polar surface area (TPSA) is 91.0 Å². The van der Waals surface area contributed by atoms with Gasteiger partial charge < -0.3 is 9.64 Å². The average Bonchev–Trinajstić information content (AvgIpc) is 3.41. The summed E-state index contributed by atoms with van der Waals surface area (Å²) in [6, 6.07) is 4.37. The second kappa shape index (κ2) is 7.82. The van der Waals surface area contributed by atoms with Crippen molar-refractivity contribution in [2.45, 2.75) is 31.5 Å². The zero-order chi connectivity index (χ0) is 24.5. The van der Waals surface area contributed by atoms with Crippen LogP contribution in [0.25, 0.3) is 22.3 Å². The van der Waals surface area contributed by atoms with Crippen LogP contribution < -0.4 is 10.5 Å². The first-order valence-electron chi connectivity index (χ1n) is 11.4. The van der Waals surface area contributed by atoms with Crippen LogP contribution in [0.5, 0.6) is 0 Å². The van der Waals surface area contributed by atoms with Gasteiger partial charge >= 0.3 is 0 Å². The summed E-state index contributed by atoms with van der Waals surface area (Å²) in [4.78, 5) is 29.2. The number of morpholine rings is 1. The molecule has 0 bridgehead atoms. The van der Waals surface area contributed by atoms with Crippen LogP contribution in [0, 0.1) is 12.7 Å². The summed E-state index contributed by atoms with van der Waals surface area (Å²) in [6.07, 6.45) is 5.35. The molecule has 180 valence electrons. The number of fused-ring (bicyclic) bond motifs is 1. The van der Waals surface area contributed by atoms with Crippen LogP contribution in [-0.4, -0.2) is 48.0 Å². The van der Waals surface area contributed by atoms with Gasteiger partial charge in [-0.1, -0.05) is 11.6 Å². The summed E-state index contributed by atoms with van der Waals surface area (Å²) in [7, 11) is 3.50. The molecule has 1 aliphatic heterocycles. The first-order chi connectivity index (χ1) is 16.7. The minimum Gasteiger partial charge on any atom is -0.363 e. The number of hydrogen-bond donors (Lipinski definition) is 0. The summed E-state index contributed by atoms with van der Waals surface area (Å²) in [5.41, 5.74) is 1.22. The van der Waals surface area contributed by atoms with E-state index in [0.29, 0.717) is 24.9 Å². The Morgan fingerprint density at radius 1 is 1.17 bits per heavy atom. The summed E-state index contributed by atoms with van der Waals surface area (Å²) in [5.74, 6) is 0.278. The molecule has 35 heavy (non-hydrogen) atoms. The van der Waals surface area contributed by atoms with Crippen LogP contribution in [0.4, 0.5) is 10.3 Å². The number of anilines is 1. The van der Waals surface area contributed by atoms with Gasteiger partial charge in [0.15, 0.2) is 5.52 Å². The maximum absolute atomic E-state index is 15.0. The Morgan fingerprint density at radius 3 is 2.66 bits per heavy atom. The summed E-state index contributed by atoms with van der Waals surface area (Å²) in [6.45, 7) is 2.77. The molecule has 3 aromatic heterocycles. The maximum Gasteiger partial charge on any atom is 0.279 e. The third-order valence-corrected chi connectivity index (χ3v) is 7.00. The highest BCUT2D eigenvalue weighted by atomic mass is 35.5. The van der Waals surface area contributed by atoms with Gasteiger partial charge in [-0.2, -0.15) is 5.10 Å². The normalized spacial score (nSPS) is 19.0. The van der Waals surface area contributed by atoms with Crippen molar-refractivity contribution in [2.75, 3.05) is 18.0 Å². The molecule has 4 aromatic rings. The van der Waals surface area contributed by atoms with E-state index in [1.165, 1.54) is 10.6 Å². The highest BCUT2D eigenvalue weighted by Gasteiger charge is 2.51. The monoisotopic (exact) mass is 495 g/mol. The van der Waals surface area contributed by atoms with Crippen molar-refractivity contribution >= 4 is 28.6 Å². The second-order valence-electron chi connectivity index (χ2n) is 9.33. The van der Waals surface area contributed by atoms with Gasteiger partial charge in [0.1, 0.15) is 29.0 Å². The molecule has 0 radical (unpaired) electrons. The maximum atomic E-state index is 15.0. The first-order valence-corrected chi connectivity index (χ1v) is 11.7. The predicted molar refractivity (Wildman–Crippen MR) is 129 cm³/mol. The number of benzene rings is 1. The van der Waals surface area contributed by atoms with Gasteiger partial charge in [-0.25, -0.2) is 19.3 Å². The average molecular weight is 496 g/mol. The number of rotatable bonds is 3. The molecular formula is C24H23ClFN7O2. The molecule has 9 nitrogen and oxygen atoms in total. The van der Waals surface area contributed by atoms with Crippen LogP contribution >= 0.6 is 11.6 Å². The highest BCUT2D eigenvalue weighted by molar-refractivity contribution is 6.30. The van der Waals surface area contributed by atoms with Crippen LogP contribution in [0.2, 0.25) is 5.02 Å². The summed E-state index contributed by atoms with van der Waals surface area (Å²) < 4.78 is 24.6. The SMILES string of the molecule is Cc1nc2c(-c3ccc(Cl)cc3F)nc(N3CC(c4cnn(C)c4)OC4(CC4)C3)nc2c(=O)n1C. The van der Waals surface area contributed by atoms with E-state index >= 15 is 4.39 Å². The fourth-order valence-electron chi connectivity index (χ4n) is 4.59. The van der Waals surface area contributed by atoms with Gasteiger partial charge in [-0.05, 0) is 38.0 Å². The van der Waals surface area contributed by atoms with Gasteiger partial charge in [0.05, 0.1) is 24.9 Å². The highest BCUT2D eigenvalue weighted by Crippen LogP contribution is 2.47. The Hall–Kier alpha value is -3.37. The quantitative estimate of drug-likeness (QED) is 0.430. The molecule has 2 fully saturated rings. The molecule has 1 saturated heterocycles. The Balaban J connectivity index is 1.53. The zero-order valence-corrected chi connectivity index (χ0v) is 20.3. The third-order valence-electron chi connectivity index (χ3n) is 6.77. The van der Waals surface area contributed by atoms with E-state index in [1.807, 2.05) is 18.1 Å². The Labute approximate surface area is 205 Å². The number of aromatic nitrogens is 6. The van der Waals surface area contributed by atoms with Crippen molar-refractivity contribution in [3.05, 3.63) is 63.2 Å². The van der Waals surface area contributed by atoms with Gasteiger partial charge in [0.25, 0.3) is 5.56 Å². The Morgan fingerprint density at radius 2 is 1.97 bits per heavy atom. The van der Waals surface area contributed by atoms with E-state index in [2.05, 4.69) is 15.1 Å². The van der Waals surface area contributed by atoms with E-state index in [9.17, 15) is 4.79 Å². The van der Waals surface area contributed by atoms with Crippen molar-refractivity contribution in [3.8, 4) is 11.3 Å². The van der Waals surface area contributed by atoms with Gasteiger partial charge in [0.2, 0.25) is 5.95 Å². The van der Waals surface area contributed by atoms with Crippen molar-refractivity contribution in [1.29, 1.82) is 0 Å². The Bertz CT molecular complexity index is 1550. The smallest absolute Gasteiger partial charge is 0.279 e. The van der Waals surface area contributed by atoms with E-state index in [4.69, 9.17) is 21.3 Å². The summed E-state index contributed by atoms with van der Waals surface area (Å²) >= 11 is 5.99. The number of hydrogen-bond acceptors (Lipinski definition) is 7. The largest absolute Gasteiger partial charge is 0.363 e. The van der Waals surface area contributed by atoms with Crippen LogP contribution in [0.15, 0.2) is 35.4 Å². The molecule has 1 saturated carbocycles. The molecule has 1 spiro atoms. The van der Waals surface area contributed by atoms with E-state index in [0.717, 1.165) is 18.4 Å². The van der Waals surface area contributed by atoms with E-state index in [1.54, 1.807) is 37.0 Å². The van der Waals surface area contributed by atoms with Crippen LogP contribution in [0.3, 0.4) is 0 Å². The minimum atomic E-state index is -0.544. The van der Waals surface area contributed by atoms with Crippen LogP contribution in [-0.2, 0) is 18.8 Å². The number of ether oxygens (including phenoxy) is 1. The minimum absolute atomic E-state index is 0.140. The number of aryl methyl sites for hydroxylation is 2. The fourth-order valence-corrected chi connectivity index (χ4v) is 4.75. The molecule has 11 heteroatoms. The molecule has 1 aromatic carbocycles. The molecule has 0 amide bonds. The number of halogens is 2. The predicted octanol–water partition coefficient (Wildman–Crippen LogP) is 3.34. The first kappa shape index (κ1) is 22.1. The number of nitrogens with zero attached hydrogens (tertiary/aromatic N) is 7. The van der Waals surface area contributed by atoms with E-state index in [-0.39, 0.29) is 44.6 Å². The van der Waals surface area contributed by atoms with Crippen molar-refractivity contribution in [2.24, 2.45) is 14.1 Å². The lowest BCUT2D eigenvalue weighted by Crippen LogP contribution is -2.46. The third kappa shape index (κ3) is 3.77. The molecule has 6 rings (SSSR count). The second-order valence-corrected chi connectivity index (χ2v) is 9.77. The lowest BCUT2D eigenvalue weighted by atomic mass is 10.1. The lowest BCUT2D eigenvalue weighted by Gasteiger charge is -2.38. The van der Waals surface area contributed by atoms with Crippen molar-refractivity contribution in [3.63, 3.8) is 0 Å². The lowest BCUT2D eigenvalue weighted by molar-refractivity contribution is -0.0458. The summed E-state index contributed by atoms with van der Waals surface area (Å²) in [5, 5.41) is 4.55. The molecule has 2 aliphatic rings. The van der Waals surface area contributed by atoms with Crippen molar-refractivity contribution in [1.82, 2.24) is 29.3 Å². The van der Waals surface area contributed by atoms with Crippen LogP contribution in [0.1, 0.15) is 30.3 Å². The van der Waals surface area contributed by atoms with E-state index < -0.39 is 5.82 Å². The van der Waals surface area contributed by atoms with Gasteiger partial charge in [-0.15, -0.1) is 0 Å². The van der Waals surface area contributed by atoms with Gasteiger partial charge in [-0.3, -0.25) is 14.0 Å². The van der Waals surface area contributed by atoms with Crippen molar-refractivity contribution < 1.29 is 9.13 Å². The molecule has 1 atom stereocenters. The molecular weight excluding hydrogens is 473 g/mol. The molecule has 0 N–H and O–H groups in total. The molecule has 1 aliphatic carbocycles. The van der Waals surface area contributed by atoms with Gasteiger partial charge in [0, 0.05) is 36.4 Å². The molecule has 1 unspecified atom stereocenters. The molecule has 4 heterocycles. The zero-order valence-electron chi connectivity index (χ0n) is 19.5.